The summed E-state index contributed by atoms with van der Waals surface area (Å²) in [6.07, 6.45) is 8.32. The third-order valence-corrected chi connectivity index (χ3v) is 3.94. The molecule has 3 N–H and O–H groups in total. The molecule has 0 aromatic carbocycles. The molecule has 2 aliphatic heterocycles. The van der Waals surface area contributed by atoms with E-state index in [9.17, 15) is 0 Å². The van der Waals surface area contributed by atoms with Gasteiger partial charge in [-0.2, -0.15) is 0 Å². The molecule has 0 radical (unpaired) electrons. The molecule has 4 heterocycles. The minimum absolute atomic E-state index is 0.0506. The Kier molecular flexibility index (Phi) is 7.91. The van der Waals surface area contributed by atoms with Gasteiger partial charge in [0.25, 0.3) is 0 Å². The van der Waals surface area contributed by atoms with E-state index in [4.69, 9.17) is 19.7 Å². The highest BCUT2D eigenvalue weighted by atomic mass is 16.5. The Hall–Kier alpha value is -1.81. The molecular weight excluding hydrogens is 350 g/mol. The number of aromatic nitrogens is 4. The summed E-state index contributed by atoms with van der Waals surface area (Å²) in [5.74, 6) is -0.750. The van der Waals surface area contributed by atoms with Gasteiger partial charge in [0, 0.05) is 20.3 Å². The van der Waals surface area contributed by atoms with Gasteiger partial charge in [0.2, 0.25) is 0 Å². The number of fused-ring (bicyclic) bond motifs is 1. The third-order valence-electron chi connectivity index (χ3n) is 3.94. The molecule has 9 heteroatoms. The van der Waals surface area contributed by atoms with Crippen LogP contribution in [0.1, 0.15) is 52.7 Å². The van der Waals surface area contributed by atoms with Gasteiger partial charge < -0.3 is 25.0 Å². The Bertz CT molecular complexity index is 683. The maximum Gasteiger partial charge on any atom is 0.167 e. The normalized spacial score (nSPS) is 22.0. The van der Waals surface area contributed by atoms with Crippen molar-refractivity contribution in [1.82, 2.24) is 19.5 Å². The number of imidazole rings is 1. The lowest BCUT2D eigenvalue weighted by atomic mass is 10.2. The molecule has 0 saturated carbocycles. The Labute approximate surface area is 159 Å². The molecule has 2 aromatic rings. The van der Waals surface area contributed by atoms with Gasteiger partial charge in [-0.25, -0.2) is 15.0 Å². The zero-order valence-electron chi connectivity index (χ0n) is 16.6. The molecule has 0 bridgehead atoms. The van der Waals surface area contributed by atoms with Crippen LogP contribution in [0.25, 0.3) is 11.2 Å². The number of rotatable bonds is 2. The molecule has 0 amide bonds. The summed E-state index contributed by atoms with van der Waals surface area (Å²) in [7, 11) is 1.83. The number of hydrogen-bond acceptors (Lipinski definition) is 8. The fraction of sp³-hybridized carbons (Fsp3) is 0.722. The van der Waals surface area contributed by atoms with Crippen LogP contribution >= 0.6 is 0 Å². The quantitative estimate of drug-likeness (QED) is 0.677. The molecule has 152 valence electrons. The van der Waals surface area contributed by atoms with Crippen LogP contribution in [0, 0.1) is 0 Å². The van der Waals surface area contributed by atoms with Crippen LogP contribution in [0.3, 0.4) is 0 Å². The average molecular weight is 381 g/mol. The van der Waals surface area contributed by atoms with E-state index in [-0.39, 0.29) is 6.23 Å². The van der Waals surface area contributed by atoms with Gasteiger partial charge in [0.05, 0.1) is 12.4 Å². The summed E-state index contributed by atoms with van der Waals surface area (Å²) in [6.45, 7) is 6.69. The van der Waals surface area contributed by atoms with Crippen molar-refractivity contribution >= 4 is 17.0 Å². The standard InChI is InChI=1S/C11H15N5O.C4H8O.C3H8O2/c1-7-3-4-8(17-7)16-6-15-9-10(12-2)13-5-14-11(9)16;1-2-4-5-3-1;1-3(2,4)5/h5-8H,3-4H2,1-2H3,(H,12,13,14);1-4H2;4-5H,1-2H3/t7-,8?;;/m1../s1. The van der Waals surface area contributed by atoms with E-state index in [1.165, 1.54) is 26.7 Å². The van der Waals surface area contributed by atoms with E-state index in [1.54, 1.807) is 12.7 Å². The van der Waals surface area contributed by atoms with Gasteiger partial charge in [0.1, 0.15) is 18.1 Å². The first-order valence-electron chi connectivity index (χ1n) is 9.33. The molecule has 2 atom stereocenters. The minimum Gasteiger partial charge on any atom is -0.381 e. The second kappa shape index (κ2) is 9.93. The second-order valence-electron chi connectivity index (χ2n) is 7.09. The predicted molar refractivity (Wildman–Crippen MR) is 102 cm³/mol. The SMILES string of the molecule is C1CCOC1.CC(C)(O)O.CNc1ncnc2c1ncn2C1CC[C@@H](C)O1. The Morgan fingerprint density at radius 1 is 1.15 bits per heavy atom. The zero-order valence-corrected chi connectivity index (χ0v) is 16.6. The number of nitrogens with one attached hydrogen (secondary N) is 1. The van der Waals surface area contributed by atoms with Crippen molar-refractivity contribution in [3.63, 3.8) is 0 Å². The lowest BCUT2D eigenvalue weighted by molar-refractivity contribution is -0.127. The molecule has 2 saturated heterocycles. The van der Waals surface area contributed by atoms with Crippen molar-refractivity contribution in [2.45, 2.75) is 64.6 Å². The largest absolute Gasteiger partial charge is 0.381 e. The summed E-state index contributed by atoms with van der Waals surface area (Å²) in [4.78, 5) is 12.8. The highest BCUT2D eigenvalue weighted by Crippen LogP contribution is 2.30. The number of nitrogens with zero attached hydrogens (tertiary/aromatic N) is 4. The molecule has 9 nitrogen and oxygen atoms in total. The number of ether oxygens (including phenoxy) is 2. The molecule has 1 unspecified atom stereocenters. The lowest BCUT2D eigenvalue weighted by Gasteiger charge is -2.12. The van der Waals surface area contributed by atoms with Gasteiger partial charge >= 0.3 is 0 Å². The van der Waals surface area contributed by atoms with Crippen LogP contribution < -0.4 is 5.32 Å². The maximum atomic E-state index is 8.08. The second-order valence-corrected chi connectivity index (χ2v) is 7.09. The van der Waals surface area contributed by atoms with Gasteiger partial charge in [-0.15, -0.1) is 0 Å². The van der Waals surface area contributed by atoms with E-state index in [0.717, 1.165) is 43.0 Å². The molecule has 27 heavy (non-hydrogen) atoms. The molecule has 0 spiro atoms. The van der Waals surface area contributed by atoms with Crippen molar-refractivity contribution in [2.75, 3.05) is 25.6 Å². The first kappa shape index (κ1) is 21.5. The van der Waals surface area contributed by atoms with Gasteiger partial charge in [0.15, 0.2) is 17.3 Å². The topological polar surface area (TPSA) is 115 Å². The molecular formula is C18H31N5O4. The first-order chi connectivity index (χ1) is 12.8. The Morgan fingerprint density at radius 2 is 1.81 bits per heavy atom. The fourth-order valence-corrected chi connectivity index (χ4v) is 2.74. The van der Waals surface area contributed by atoms with E-state index in [2.05, 4.69) is 27.2 Å². The van der Waals surface area contributed by atoms with E-state index < -0.39 is 5.79 Å². The molecule has 4 rings (SSSR count). The Morgan fingerprint density at radius 3 is 2.30 bits per heavy atom. The van der Waals surface area contributed by atoms with Crippen LogP contribution in [0.15, 0.2) is 12.7 Å². The van der Waals surface area contributed by atoms with Crippen LogP contribution in [-0.4, -0.2) is 61.9 Å². The van der Waals surface area contributed by atoms with E-state index in [1.807, 2.05) is 11.6 Å². The van der Waals surface area contributed by atoms with Crippen molar-refractivity contribution in [2.24, 2.45) is 0 Å². The van der Waals surface area contributed by atoms with Crippen molar-refractivity contribution in [3.05, 3.63) is 12.7 Å². The highest BCUT2D eigenvalue weighted by molar-refractivity contribution is 5.82. The number of anilines is 1. The van der Waals surface area contributed by atoms with Gasteiger partial charge in [-0.05, 0) is 46.5 Å². The highest BCUT2D eigenvalue weighted by Gasteiger charge is 2.25. The van der Waals surface area contributed by atoms with Crippen molar-refractivity contribution < 1.29 is 19.7 Å². The summed E-state index contributed by atoms with van der Waals surface area (Å²) in [5.41, 5.74) is 1.61. The molecule has 2 fully saturated rings. The van der Waals surface area contributed by atoms with Crippen molar-refractivity contribution in [1.29, 1.82) is 0 Å². The van der Waals surface area contributed by atoms with Crippen LogP contribution in [0.2, 0.25) is 0 Å². The fourth-order valence-electron chi connectivity index (χ4n) is 2.74. The van der Waals surface area contributed by atoms with Crippen LogP contribution in [0.4, 0.5) is 5.82 Å². The Balaban J connectivity index is 0.000000216. The summed E-state index contributed by atoms with van der Waals surface area (Å²) in [6, 6.07) is 0. The number of aliphatic hydroxyl groups is 2. The predicted octanol–water partition coefficient (Wildman–Crippen LogP) is 2.07. The molecule has 0 aliphatic carbocycles. The number of hydrogen-bond donors (Lipinski definition) is 3. The zero-order chi connectivity index (χ0) is 19.9. The first-order valence-corrected chi connectivity index (χ1v) is 9.33. The van der Waals surface area contributed by atoms with Crippen LogP contribution in [0.5, 0.6) is 0 Å². The molecule has 2 aromatic heterocycles. The summed E-state index contributed by atoms with van der Waals surface area (Å²) >= 11 is 0. The maximum absolute atomic E-state index is 8.08. The van der Waals surface area contributed by atoms with Gasteiger partial charge in [-0.1, -0.05) is 0 Å². The van der Waals surface area contributed by atoms with E-state index >= 15 is 0 Å². The smallest absolute Gasteiger partial charge is 0.167 e. The van der Waals surface area contributed by atoms with Gasteiger partial charge in [-0.3, -0.25) is 4.57 Å². The minimum atomic E-state index is -1.50. The monoisotopic (exact) mass is 381 g/mol. The van der Waals surface area contributed by atoms with E-state index in [0.29, 0.717) is 6.10 Å². The molecule has 2 aliphatic rings. The van der Waals surface area contributed by atoms with Crippen molar-refractivity contribution in [3.8, 4) is 0 Å². The lowest BCUT2D eigenvalue weighted by Crippen LogP contribution is -2.15. The van der Waals surface area contributed by atoms with Crippen LogP contribution in [-0.2, 0) is 9.47 Å². The summed E-state index contributed by atoms with van der Waals surface area (Å²) in [5, 5.41) is 19.2. The average Bonchev–Trinajstić information content (AvgIpc) is 3.34. The summed E-state index contributed by atoms with van der Waals surface area (Å²) < 4.78 is 12.8. The third kappa shape index (κ3) is 7.02.